The Labute approximate surface area is 102 Å². The van der Waals surface area contributed by atoms with Crippen LogP contribution in [0.5, 0.6) is 0 Å². The Kier molecular flexibility index (Phi) is 4.51. The van der Waals surface area contributed by atoms with Gasteiger partial charge in [-0.2, -0.15) is 17.0 Å². The first-order valence-electron chi connectivity index (χ1n) is 5.76. The molecule has 0 unspecified atom stereocenters. The molecule has 1 aliphatic rings. The summed E-state index contributed by atoms with van der Waals surface area (Å²) in [7, 11) is -2.19. The molecule has 1 saturated heterocycles. The first-order valence-corrected chi connectivity index (χ1v) is 7.15. The van der Waals surface area contributed by atoms with Gasteiger partial charge in [-0.1, -0.05) is 0 Å². The van der Waals surface area contributed by atoms with E-state index in [1.54, 1.807) is 13.8 Å². The van der Waals surface area contributed by atoms with Crippen LogP contribution in [0.3, 0.4) is 0 Å². The van der Waals surface area contributed by atoms with Gasteiger partial charge in [0.25, 0.3) is 10.2 Å². The Balaban J connectivity index is 2.99. The van der Waals surface area contributed by atoms with Crippen molar-refractivity contribution in [2.45, 2.75) is 45.2 Å². The Bertz CT molecular complexity index is 380. The van der Waals surface area contributed by atoms with Gasteiger partial charge in [0.15, 0.2) is 0 Å². The fourth-order valence-corrected chi connectivity index (χ4v) is 3.60. The van der Waals surface area contributed by atoms with Gasteiger partial charge in [-0.3, -0.25) is 4.79 Å². The number of carboxylic acids is 1. The third kappa shape index (κ3) is 2.97. The van der Waals surface area contributed by atoms with Crippen LogP contribution < -0.4 is 0 Å². The number of aliphatic carboxylic acids is 1. The fourth-order valence-electron chi connectivity index (χ4n) is 1.86. The van der Waals surface area contributed by atoms with Gasteiger partial charge in [0, 0.05) is 19.6 Å². The van der Waals surface area contributed by atoms with Gasteiger partial charge in [-0.05, 0) is 33.1 Å². The lowest BCUT2D eigenvalue weighted by Crippen LogP contribution is -2.53. The molecular formula is C10H20N2O4S. The van der Waals surface area contributed by atoms with Gasteiger partial charge in [0.05, 0.1) is 0 Å². The second-order valence-corrected chi connectivity index (χ2v) is 6.52. The Morgan fingerprint density at radius 2 is 2.00 bits per heavy atom. The molecule has 0 saturated carbocycles. The third-order valence-corrected chi connectivity index (χ3v) is 5.31. The molecule has 7 heteroatoms. The largest absolute Gasteiger partial charge is 0.480 e. The van der Waals surface area contributed by atoms with Crippen LogP contribution in [0.4, 0.5) is 0 Å². The molecule has 0 amide bonds. The number of hydrogen-bond acceptors (Lipinski definition) is 3. The first-order chi connectivity index (χ1) is 7.78. The molecule has 1 fully saturated rings. The molecular weight excluding hydrogens is 244 g/mol. The monoisotopic (exact) mass is 264 g/mol. The van der Waals surface area contributed by atoms with Crippen molar-refractivity contribution in [2.75, 3.05) is 13.6 Å². The molecule has 0 aromatic carbocycles. The second kappa shape index (κ2) is 5.32. The molecule has 1 N–H and O–H groups in total. The summed E-state index contributed by atoms with van der Waals surface area (Å²) in [6, 6.07) is -1.11. The van der Waals surface area contributed by atoms with Crippen LogP contribution in [-0.2, 0) is 15.0 Å². The van der Waals surface area contributed by atoms with Crippen molar-refractivity contribution < 1.29 is 18.3 Å². The van der Waals surface area contributed by atoms with Crippen molar-refractivity contribution >= 4 is 16.2 Å². The molecule has 1 aliphatic heterocycles. The average Bonchev–Trinajstić information content (AvgIpc) is 2.27. The zero-order chi connectivity index (χ0) is 13.2. The van der Waals surface area contributed by atoms with Crippen molar-refractivity contribution in [1.82, 2.24) is 8.61 Å². The summed E-state index contributed by atoms with van der Waals surface area (Å²) < 4.78 is 26.8. The molecule has 1 rings (SSSR count). The van der Waals surface area contributed by atoms with Crippen LogP contribution in [0.1, 0.15) is 33.1 Å². The summed E-state index contributed by atoms with van der Waals surface area (Å²) >= 11 is 0. The summed E-state index contributed by atoms with van der Waals surface area (Å²) in [6.07, 6.45) is 1.86. The minimum Gasteiger partial charge on any atom is -0.480 e. The summed E-state index contributed by atoms with van der Waals surface area (Å²) in [4.78, 5) is 11.1. The van der Waals surface area contributed by atoms with E-state index in [0.29, 0.717) is 6.42 Å². The molecule has 0 aromatic heterocycles. The normalized spacial score (nSPS) is 23.2. The Morgan fingerprint density at radius 1 is 1.41 bits per heavy atom. The highest BCUT2D eigenvalue weighted by atomic mass is 32.2. The Hall–Kier alpha value is -0.660. The molecule has 0 aliphatic carbocycles. The van der Waals surface area contributed by atoms with Crippen molar-refractivity contribution in [1.29, 1.82) is 0 Å². The van der Waals surface area contributed by atoms with Crippen molar-refractivity contribution in [2.24, 2.45) is 0 Å². The molecule has 6 nitrogen and oxygen atoms in total. The minimum atomic E-state index is -3.67. The van der Waals surface area contributed by atoms with Crippen molar-refractivity contribution in [3.8, 4) is 0 Å². The van der Waals surface area contributed by atoms with Gasteiger partial charge in [-0.15, -0.1) is 0 Å². The van der Waals surface area contributed by atoms with Gasteiger partial charge in [0.1, 0.15) is 6.04 Å². The van der Waals surface area contributed by atoms with Crippen LogP contribution >= 0.6 is 0 Å². The van der Waals surface area contributed by atoms with Crippen LogP contribution in [-0.4, -0.2) is 53.8 Å². The van der Waals surface area contributed by atoms with Crippen molar-refractivity contribution in [3.63, 3.8) is 0 Å². The molecule has 0 aromatic rings. The number of hydrogen-bond donors (Lipinski definition) is 1. The number of carboxylic acid groups (broad SMARTS) is 1. The Morgan fingerprint density at radius 3 is 2.47 bits per heavy atom. The molecule has 1 atom stereocenters. The van der Waals surface area contributed by atoms with Crippen LogP contribution in [0.25, 0.3) is 0 Å². The summed E-state index contributed by atoms with van der Waals surface area (Å²) in [5.41, 5.74) is 0. The number of nitrogens with zero attached hydrogens (tertiary/aromatic N) is 2. The zero-order valence-corrected chi connectivity index (χ0v) is 11.3. The summed E-state index contributed by atoms with van der Waals surface area (Å²) in [5, 5.41) is 9.07. The molecule has 100 valence electrons. The first kappa shape index (κ1) is 14.4. The van der Waals surface area contributed by atoms with E-state index in [1.807, 2.05) is 0 Å². The van der Waals surface area contributed by atoms with E-state index in [4.69, 9.17) is 5.11 Å². The highest BCUT2D eigenvalue weighted by Gasteiger charge is 2.39. The third-order valence-electron chi connectivity index (χ3n) is 3.13. The van der Waals surface area contributed by atoms with Gasteiger partial charge in [-0.25, -0.2) is 0 Å². The van der Waals surface area contributed by atoms with Crippen LogP contribution in [0.15, 0.2) is 0 Å². The van der Waals surface area contributed by atoms with Gasteiger partial charge >= 0.3 is 5.97 Å². The van der Waals surface area contributed by atoms with Gasteiger partial charge in [0.2, 0.25) is 0 Å². The van der Waals surface area contributed by atoms with E-state index in [2.05, 4.69) is 0 Å². The minimum absolute atomic E-state index is 0.184. The maximum Gasteiger partial charge on any atom is 0.322 e. The number of rotatable bonds is 4. The lowest BCUT2D eigenvalue weighted by molar-refractivity contribution is -0.142. The van der Waals surface area contributed by atoms with E-state index in [0.717, 1.165) is 17.1 Å². The molecule has 17 heavy (non-hydrogen) atoms. The van der Waals surface area contributed by atoms with E-state index < -0.39 is 22.2 Å². The number of piperidine rings is 1. The predicted octanol–water partition coefficient (Wildman–Crippen LogP) is 0.510. The van der Waals surface area contributed by atoms with Gasteiger partial charge < -0.3 is 5.11 Å². The van der Waals surface area contributed by atoms with E-state index in [1.165, 1.54) is 11.4 Å². The second-order valence-electron chi connectivity index (χ2n) is 4.58. The smallest absolute Gasteiger partial charge is 0.322 e. The number of carbonyl (C=O) groups is 1. The molecule has 0 radical (unpaired) electrons. The maximum atomic E-state index is 12.2. The topological polar surface area (TPSA) is 77.9 Å². The highest BCUT2D eigenvalue weighted by Crippen LogP contribution is 2.23. The SMILES string of the molecule is CC(C)N(C)S(=O)(=O)N1CCCC[C@@H]1C(=O)O. The standard InChI is InChI=1S/C10H20N2O4S/c1-8(2)11(3)17(15,16)12-7-5-4-6-9(12)10(13)14/h8-9H,4-7H2,1-3H3,(H,13,14)/t9-/m1/s1. The predicted molar refractivity (Wildman–Crippen MR) is 63.8 cm³/mol. The highest BCUT2D eigenvalue weighted by molar-refractivity contribution is 7.86. The van der Waals surface area contributed by atoms with Crippen molar-refractivity contribution in [3.05, 3.63) is 0 Å². The summed E-state index contributed by atoms with van der Waals surface area (Å²) in [6.45, 7) is 3.81. The molecule has 1 heterocycles. The van der Waals surface area contributed by atoms with E-state index in [9.17, 15) is 13.2 Å². The van der Waals surface area contributed by atoms with Crippen LogP contribution in [0, 0.1) is 0 Å². The summed E-state index contributed by atoms with van der Waals surface area (Å²) in [5.74, 6) is -1.06. The quantitative estimate of drug-likeness (QED) is 0.802. The maximum absolute atomic E-state index is 12.2. The molecule has 0 spiro atoms. The van der Waals surface area contributed by atoms with Crippen LogP contribution in [0.2, 0.25) is 0 Å². The van der Waals surface area contributed by atoms with E-state index in [-0.39, 0.29) is 12.6 Å². The fraction of sp³-hybridized carbons (Fsp3) is 0.900. The zero-order valence-electron chi connectivity index (χ0n) is 10.5. The lowest BCUT2D eigenvalue weighted by atomic mass is 10.1. The molecule has 0 bridgehead atoms. The average molecular weight is 264 g/mol. The lowest BCUT2D eigenvalue weighted by Gasteiger charge is -2.35. The van der Waals surface area contributed by atoms with E-state index >= 15 is 0 Å².